The number of hydrogen-bond acceptors (Lipinski definition) is 10. The van der Waals surface area contributed by atoms with Crippen molar-refractivity contribution in [3.05, 3.63) is 47.0 Å². The number of halogens is 1. The molecule has 1 aliphatic rings. The maximum Gasteiger partial charge on any atom is 0.338 e. The number of hydrogen-bond donors (Lipinski definition) is 2. The highest BCUT2D eigenvalue weighted by molar-refractivity contribution is 7.90. The van der Waals surface area contributed by atoms with Crippen molar-refractivity contribution in [3.8, 4) is 5.75 Å². The summed E-state index contributed by atoms with van der Waals surface area (Å²) < 4.78 is 46.5. The minimum absolute atomic E-state index is 0.0316. The quantitative estimate of drug-likeness (QED) is 0.0601. The van der Waals surface area contributed by atoms with Gasteiger partial charge in [-0.3, -0.25) is 14.4 Å². The van der Waals surface area contributed by atoms with Gasteiger partial charge in [0.1, 0.15) is 12.5 Å². The normalized spacial score (nSPS) is 14.5. The zero-order chi connectivity index (χ0) is 39.6. The Morgan fingerprint density at radius 2 is 1.39 bits per heavy atom. The van der Waals surface area contributed by atoms with Crippen molar-refractivity contribution < 1.29 is 46.5 Å². The summed E-state index contributed by atoms with van der Waals surface area (Å²) in [5.74, 6) is -2.88. The highest BCUT2D eigenvalue weighted by Crippen LogP contribution is 2.32. The summed E-state index contributed by atoms with van der Waals surface area (Å²) in [5, 5.41) is 5.28. The Labute approximate surface area is 325 Å². The van der Waals surface area contributed by atoms with E-state index >= 15 is 0 Å². The summed E-state index contributed by atoms with van der Waals surface area (Å²) in [4.78, 5) is 52.1. The van der Waals surface area contributed by atoms with Gasteiger partial charge in [0.25, 0.3) is 5.91 Å². The number of carbonyl (C=O) groups is 4. The molecule has 14 heteroatoms. The Hall–Kier alpha value is -3.52. The minimum atomic E-state index is -3.71. The van der Waals surface area contributed by atoms with Crippen molar-refractivity contribution in [2.45, 2.75) is 122 Å². The van der Waals surface area contributed by atoms with Crippen LogP contribution in [0.4, 0.5) is 11.4 Å². The van der Waals surface area contributed by atoms with Crippen LogP contribution in [0, 0.1) is 5.41 Å². The molecule has 1 atom stereocenters. The van der Waals surface area contributed by atoms with Crippen LogP contribution in [0.3, 0.4) is 0 Å². The molecule has 1 unspecified atom stereocenters. The predicted octanol–water partition coefficient (Wildman–Crippen LogP) is 8.31. The molecule has 54 heavy (non-hydrogen) atoms. The summed E-state index contributed by atoms with van der Waals surface area (Å²) in [5.41, 5.74) is -0.988. The number of Topliss-reactive ketones (excluding diaryl/α,β-unsaturated/α-hetero) is 1. The number of sulfone groups is 1. The molecule has 0 radical (unpaired) electrons. The van der Waals surface area contributed by atoms with Gasteiger partial charge >= 0.3 is 5.97 Å². The van der Waals surface area contributed by atoms with E-state index in [1.165, 1.54) is 107 Å². The van der Waals surface area contributed by atoms with Gasteiger partial charge in [0.05, 0.1) is 52.1 Å². The number of esters is 1. The third-order valence-corrected chi connectivity index (χ3v) is 10.7. The van der Waals surface area contributed by atoms with Gasteiger partial charge in [-0.2, -0.15) is 0 Å². The van der Waals surface area contributed by atoms with Crippen LogP contribution in [-0.2, 0) is 38.4 Å². The van der Waals surface area contributed by atoms with E-state index in [1.54, 1.807) is 6.92 Å². The second kappa shape index (κ2) is 22.8. The van der Waals surface area contributed by atoms with Crippen LogP contribution < -0.4 is 15.4 Å². The van der Waals surface area contributed by atoms with Crippen LogP contribution in [0.15, 0.2) is 41.3 Å². The fourth-order valence-electron chi connectivity index (χ4n) is 5.92. The maximum absolute atomic E-state index is 13.4. The molecule has 1 saturated heterocycles. The predicted molar refractivity (Wildman–Crippen MR) is 209 cm³/mol. The molecule has 2 aromatic rings. The molecule has 0 bridgehead atoms. The Balaban J connectivity index is 1.54. The van der Waals surface area contributed by atoms with Gasteiger partial charge in [-0.05, 0) is 56.7 Å². The van der Waals surface area contributed by atoms with Gasteiger partial charge in [0.2, 0.25) is 12.0 Å². The number of amides is 2. The van der Waals surface area contributed by atoms with Crippen LogP contribution in [-0.4, -0.2) is 71.0 Å². The van der Waals surface area contributed by atoms with E-state index in [-0.39, 0.29) is 59.2 Å². The lowest BCUT2D eigenvalue weighted by Crippen LogP contribution is -2.45. The molecule has 0 spiro atoms. The summed E-state index contributed by atoms with van der Waals surface area (Å²) in [7, 11) is -3.71. The standard InChI is InChI=1S/C40H57ClN2O10S/c1-5-6-7-8-9-10-11-12-13-14-15-16-17-18-23-52-38(46)30-19-21-32(41)33(24-30)42-37(45)36(29(2)44)53-35-22-20-31(54(4,48)49)25-34(35)43-39(47)40(3)26-50-28-51-27-40/h19-22,24-25,36H,5-18,23,26-28H2,1-4H3,(H,42,45)(H,43,47). The van der Waals surface area contributed by atoms with Crippen LogP contribution in [0.5, 0.6) is 5.75 Å². The Morgan fingerprint density at radius 3 is 1.94 bits per heavy atom. The van der Waals surface area contributed by atoms with Crippen LogP contribution in [0.2, 0.25) is 5.02 Å². The smallest absolute Gasteiger partial charge is 0.338 e. The van der Waals surface area contributed by atoms with Crippen molar-refractivity contribution in [1.29, 1.82) is 0 Å². The van der Waals surface area contributed by atoms with Crippen LogP contribution in [0.1, 0.15) is 121 Å². The lowest BCUT2D eigenvalue weighted by molar-refractivity contribution is -0.170. The number of ketones is 1. The number of unbranched alkanes of at least 4 members (excludes halogenated alkanes) is 13. The molecular formula is C40H57ClN2O10S. The largest absolute Gasteiger partial charge is 0.471 e. The highest BCUT2D eigenvalue weighted by atomic mass is 35.5. The molecule has 3 rings (SSSR count). The van der Waals surface area contributed by atoms with Gasteiger partial charge in [-0.15, -0.1) is 0 Å². The summed E-state index contributed by atoms with van der Waals surface area (Å²) in [6.07, 6.45) is 16.4. The van der Waals surface area contributed by atoms with Gasteiger partial charge in [-0.1, -0.05) is 102 Å². The molecule has 2 amide bonds. The lowest BCUT2D eigenvalue weighted by Gasteiger charge is -2.32. The Morgan fingerprint density at radius 1 is 0.815 bits per heavy atom. The van der Waals surface area contributed by atoms with Gasteiger partial charge in [0.15, 0.2) is 15.6 Å². The number of benzene rings is 2. The zero-order valence-electron chi connectivity index (χ0n) is 32.1. The SMILES string of the molecule is CCCCCCCCCCCCCCCCOC(=O)c1ccc(Cl)c(NC(=O)C(Oc2ccc(S(C)(=O)=O)cc2NC(=O)C2(C)COCOC2)C(C)=O)c1. The second-order valence-corrected chi connectivity index (χ2v) is 16.7. The molecule has 12 nitrogen and oxygen atoms in total. The molecule has 0 aliphatic carbocycles. The van der Waals surface area contributed by atoms with E-state index in [0.29, 0.717) is 0 Å². The molecule has 1 fully saturated rings. The first-order valence-electron chi connectivity index (χ1n) is 19.0. The van der Waals surface area contributed by atoms with Crippen LogP contribution >= 0.6 is 11.6 Å². The van der Waals surface area contributed by atoms with Crippen molar-refractivity contribution in [3.63, 3.8) is 0 Å². The molecule has 0 saturated carbocycles. The van der Waals surface area contributed by atoms with Gasteiger partial charge in [-0.25, -0.2) is 13.2 Å². The third kappa shape index (κ3) is 15.0. The Bertz CT molecular complexity index is 1660. The molecule has 1 heterocycles. The summed E-state index contributed by atoms with van der Waals surface area (Å²) in [6.45, 7) is 5.38. The molecule has 0 aromatic heterocycles. The fraction of sp³-hybridized carbons (Fsp3) is 0.600. The van der Waals surface area contributed by atoms with E-state index in [4.69, 9.17) is 30.5 Å². The van der Waals surface area contributed by atoms with E-state index in [9.17, 15) is 27.6 Å². The van der Waals surface area contributed by atoms with E-state index in [2.05, 4.69) is 17.6 Å². The lowest BCUT2D eigenvalue weighted by atomic mass is 9.91. The highest BCUT2D eigenvalue weighted by Gasteiger charge is 2.37. The number of rotatable bonds is 24. The fourth-order valence-corrected chi connectivity index (χ4v) is 6.73. The average molecular weight is 793 g/mol. The third-order valence-electron chi connectivity index (χ3n) is 9.23. The summed E-state index contributed by atoms with van der Waals surface area (Å²) in [6, 6.07) is 7.91. The average Bonchev–Trinajstić information content (AvgIpc) is 3.13. The number of carbonyl (C=O) groups excluding carboxylic acids is 4. The van der Waals surface area contributed by atoms with Crippen LogP contribution in [0.25, 0.3) is 0 Å². The molecule has 300 valence electrons. The van der Waals surface area contributed by atoms with E-state index < -0.39 is 44.9 Å². The number of anilines is 2. The number of nitrogens with one attached hydrogen (secondary N) is 2. The Kier molecular flexibility index (Phi) is 18.9. The van der Waals surface area contributed by atoms with E-state index in [1.807, 2.05) is 0 Å². The van der Waals surface area contributed by atoms with Gasteiger partial charge in [0, 0.05) is 6.26 Å². The molecule has 1 aliphatic heterocycles. The van der Waals surface area contributed by atoms with Crippen molar-refractivity contribution in [2.75, 3.05) is 43.5 Å². The van der Waals surface area contributed by atoms with Crippen molar-refractivity contribution in [2.24, 2.45) is 5.41 Å². The first-order valence-corrected chi connectivity index (χ1v) is 21.3. The first-order chi connectivity index (χ1) is 25.7. The number of ether oxygens (including phenoxy) is 4. The minimum Gasteiger partial charge on any atom is -0.471 e. The maximum atomic E-state index is 13.4. The summed E-state index contributed by atoms with van der Waals surface area (Å²) >= 11 is 6.35. The topological polar surface area (TPSA) is 163 Å². The molecule has 2 aromatic carbocycles. The monoisotopic (exact) mass is 792 g/mol. The first kappa shape index (κ1) is 44.9. The molecular weight excluding hydrogens is 736 g/mol. The van der Waals surface area contributed by atoms with Gasteiger partial charge < -0.3 is 29.6 Å². The van der Waals surface area contributed by atoms with E-state index in [0.717, 1.165) is 32.4 Å². The van der Waals surface area contributed by atoms with Crippen molar-refractivity contribution in [1.82, 2.24) is 0 Å². The molecule has 2 N–H and O–H groups in total. The zero-order valence-corrected chi connectivity index (χ0v) is 33.7. The van der Waals surface area contributed by atoms with Crippen molar-refractivity contribution >= 4 is 56.4 Å². The second-order valence-electron chi connectivity index (χ2n) is 14.3.